The molecule has 0 aliphatic carbocycles. The predicted molar refractivity (Wildman–Crippen MR) is 81.2 cm³/mol. The van der Waals surface area contributed by atoms with Gasteiger partial charge in [-0.2, -0.15) is 0 Å². The minimum Gasteiger partial charge on any atom is -0.481 e. The molecule has 20 heavy (non-hydrogen) atoms. The molecule has 2 saturated heterocycles. The molecule has 4 heteroatoms. The van der Waals surface area contributed by atoms with Gasteiger partial charge in [0.2, 0.25) is 0 Å². The van der Waals surface area contributed by atoms with Gasteiger partial charge in [0.05, 0.1) is 5.92 Å². The van der Waals surface area contributed by atoms with Crippen LogP contribution in [0.25, 0.3) is 0 Å². The molecular formula is C16H23NO2S. The van der Waals surface area contributed by atoms with E-state index in [4.69, 9.17) is 0 Å². The van der Waals surface area contributed by atoms with Gasteiger partial charge in [-0.3, -0.25) is 9.69 Å². The van der Waals surface area contributed by atoms with Crippen LogP contribution in [-0.4, -0.2) is 34.6 Å². The van der Waals surface area contributed by atoms with E-state index in [9.17, 15) is 9.90 Å². The molecule has 1 N–H and O–H groups in total. The lowest BCUT2D eigenvalue weighted by atomic mass is 9.79. The highest BCUT2D eigenvalue weighted by Gasteiger charge is 2.50. The summed E-state index contributed by atoms with van der Waals surface area (Å²) in [4.78, 5) is 15.6. The summed E-state index contributed by atoms with van der Waals surface area (Å²) < 4.78 is 0. The number of hydrogen-bond acceptors (Lipinski definition) is 3. The van der Waals surface area contributed by atoms with E-state index in [1.165, 1.54) is 30.6 Å². The van der Waals surface area contributed by atoms with Crippen LogP contribution in [0.5, 0.6) is 0 Å². The Kier molecular flexibility index (Phi) is 4.13. The van der Waals surface area contributed by atoms with Crippen molar-refractivity contribution < 1.29 is 9.90 Å². The fraction of sp³-hybridized carbons (Fsp3) is 0.688. The summed E-state index contributed by atoms with van der Waals surface area (Å²) in [6, 6.07) is 5.13. The van der Waals surface area contributed by atoms with Crippen molar-refractivity contribution in [2.75, 3.05) is 6.54 Å². The summed E-state index contributed by atoms with van der Waals surface area (Å²) >= 11 is 1.72. The molecule has 0 saturated carbocycles. The van der Waals surface area contributed by atoms with Crippen LogP contribution >= 0.6 is 11.3 Å². The zero-order valence-electron chi connectivity index (χ0n) is 12.0. The topological polar surface area (TPSA) is 40.5 Å². The highest BCUT2D eigenvalue weighted by atomic mass is 32.1. The maximum Gasteiger partial charge on any atom is 0.307 e. The monoisotopic (exact) mass is 293 g/mol. The van der Waals surface area contributed by atoms with Crippen LogP contribution in [-0.2, 0) is 4.79 Å². The number of piperidine rings is 1. The van der Waals surface area contributed by atoms with E-state index < -0.39 is 5.97 Å². The zero-order chi connectivity index (χ0) is 14.1. The van der Waals surface area contributed by atoms with E-state index in [2.05, 4.69) is 29.3 Å². The highest BCUT2D eigenvalue weighted by molar-refractivity contribution is 7.10. The molecule has 4 unspecified atom stereocenters. The Morgan fingerprint density at radius 2 is 2.35 bits per heavy atom. The molecule has 2 aliphatic heterocycles. The molecule has 4 atom stereocenters. The van der Waals surface area contributed by atoms with E-state index in [0.717, 1.165) is 13.0 Å². The van der Waals surface area contributed by atoms with Gasteiger partial charge in [0, 0.05) is 22.9 Å². The molecule has 1 aromatic heterocycles. The SMILES string of the molecule is CCCCN1C2CCC1C(c1cccs1)C(C(=O)O)C2. The van der Waals surface area contributed by atoms with E-state index in [-0.39, 0.29) is 11.8 Å². The number of rotatable bonds is 5. The maximum absolute atomic E-state index is 11.7. The average Bonchev–Trinajstić information content (AvgIpc) is 3.04. The molecule has 0 aromatic carbocycles. The van der Waals surface area contributed by atoms with E-state index in [0.29, 0.717) is 12.1 Å². The molecule has 0 amide bonds. The first kappa shape index (κ1) is 14.1. The quantitative estimate of drug-likeness (QED) is 0.902. The Balaban J connectivity index is 1.88. The minimum absolute atomic E-state index is 0.191. The largest absolute Gasteiger partial charge is 0.481 e. The van der Waals surface area contributed by atoms with Crippen LogP contribution < -0.4 is 0 Å². The highest BCUT2D eigenvalue weighted by Crippen LogP contribution is 2.48. The molecule has 2 fully saturated rings. The van der Waals surface area contributed by atoms with Gasteiger partial charge in [-0.1, -0.05) is 19.4 Å². The standard InChI is InChI=1S/C16H23NO2S/c1-2-3-8-17-11-6-7-13(17)15(12(10-11)16(18)19)14-5-4-9-20-14/h4-5,9,11-13,15H,2-3,6-8,10H2,1H3,(H,18,19). The normalized spacial score (nSPS) is 33.5. The van der Waals surface area contributed by atoms with E-state index >= 15 is 0 Å². The second-order valence-corrected chi connectivity index (χ2v) is 7.09. The molecule has 3 rings (SSSR count). The molecular weight excluding hydrogens is 270 g/mol. The molecule has 2 bridgehead atoms. The number of unbranched alkanes of at least 4 members (excludes halogenated alkanes) is 1. The van der Waals surface area contributed by atoms with E-state index in [1.807, 2.05) is 0 Å². The third-order valence-corrected chi connectivity index (χ3v) is 6.00. The molecule has 0 radical (unpaired) electrons. The van der Waals surface area contributed by atoms with Crippen molar-refractivity contribution in [2.24, 2.45) is 5.92 Å². The van der Waals surface area contributed by atoms with E-state index in [1.54, 1.807) is 11.3 Å². The van der Waals surface area contributed by atoms with Crippen LogP contribution in [0.15, 0.2) is 17.5 Å². The predicted octanol–water partition coefficient (Wildman–Crippen LogP) is 3.57. The molecule has 2 aliphatic rings. The summed E-state index contributed by atoms with van der Waals surface area (Å²) in [7, 11) is 0. The van der Waals surface area contributed by atoms with Gasteiger partial charge in [0.15, 0.2) is 0 Å². The lowest BCUT2D eigenvalue weighted by Crippen LogP contribution is -2.49. The van der Waals surface area contributed by atoms with Gasteiger partial charge in [0.1, 0.15) is 0 Å². The summed E-state index contributed by atoms with van der Waals surface area (Å²) in [5, 5.41) is 11.7. The average molecular weight is 293 g/mol. The van der Waals surface area contributed by atoms with Crippen LogP contribution in [0.4, 0.5) is 0 Å². The van der Waals surface area contributed by atoms with Crippen molar-refractivity contribution in [3.63, 3.8) is 0 Å². The second-order valence-electron chi connectivity index (χ2n) is 6.11. The summed E-state index contributed by atoms with van der Waals surface area (Å²) in [5.41, 5.74) is 0. The second kappa shape index (κ2) is 5.86. The van der Waals surface area contributed by atoms with Crippen molar-refractivity contribution in [1.29, 1.82) is 0 Å². The summed E-state index contributed by atoms with van der Waals surface area (Å²) in [6.45, 7) is 3.36. The van der Waals surface area contributed by atoms with Crippen molar-refractivity contribution in [1.82, 2.24) is 4.90 Å². The fourth-order valence-corrected chi connectivity index (χ4v) is 5.07. The number of nitrogens with zero attached hydrogens (tertiary/aromatic N) is 1. The van der Waals surface area contributed by atoms with Gasteiger partial charge in [-0.15, -0.1) is 11.3 Å². The van der Waals surface area contributed by atoms with Crippen molar-refractivity contribution in [2.45, 2.75) is 57.0 Å². The first-order valence-electron chi connectivity index (χ1n) is 7.74. The number of aliphatic carboxylic acids is 1. The lowest BCUT2D eigenvalue weighted by Gasteiger charge is -2.43. The Bertz CT molecular complexity index is 459. The van der Waals surface area contributed by atoms with Crippen LogP contribution in [0.3, 0.4) is 0 Å². The van der Waals surface area contributed by atoms with Crippen LogP contribution in [0.1, 0.15) is 49.8 Å². The van der Waals surface area contributed by atoms with Crippen LogP contribution in [0, 0.1) is 5.92 Å². The Morgan fingerprint density at radius 3 is 3.00 bits per heavy atom. The number of fused-ring (bicyclic) bond motifs is 2. The summed E-state index contributed by atoms with van der Waals surface area (Å²) in [6.07, 6.45) is 5.61. The number of hydrogen-bond donors (Lipinski definition) is 1. The Labute approximate surface area is 124 Å². The summed E-state index contributed by atoms with van der Waals surface area (Å²) in [5.74, 6) is -0.595. The van der Waals surface area contributed by atoms with Crippen molar-refractivity contribution >= 4 is 17.3 Å². The number of thiophene rings is 1. The van der Waals surface area contributed by atoms with Crippen molar-refractivity contribution in [3.8, 4) is 0 Å². The first-order chi connectivity index (χ1) is 9.72. The molecule has 110 valence electrons. The third kappa shape index (κ3) is 2.40. The van der Waals surface area contributed by atoms with Crippen molar-refractivity contribution in [3.05, 3.63) is 22.4 Å². The lowest BCUT2D eigenvalue weighted by molar-refractivity contribution is -0.145. The fourth-order valence-electron chi connectivity index (χ4n) is 4.12. The molecule has 3 nitrogen and oxygen atoms in total. The number of carboxylic acids is 1. The van der Waals surface area contributed by atoms with Gasteiger partial charge in [0.25, 0.3) is 0 Å². The first-order valence-corrected chi connectivity index (χ1v) is 8.62. The van der Waals surface area contributed by atoms with Gasteiger partial charge in [-0.05, 0) is 43.7 Å². The zero-order valence-corrected chi connectivity index (χ0v) is 12.8. The van der Waals surface area contributed by atoms with Gasteiger partial charge >= 0.3 is 5.97 Å². The molecule has 3 heterocycles. The minimum atomic E-state index is -0.601. The third-order valence-electron chi connectivity index (χ3n) is 5.02. The molecule has 1 aromatic rings. The Morgan fingerprint density at radius 1 is 1.50 bits per heavy atom. The van der Waals surface area contributed by atoms with Crippen LogP contribution in [0.2, 0.25) is 0 Å². The van der Waals surface area contributed by atoms with Gasteiger partial charge in [-0.25, -0.2) is 0 Å². The molecule has 0 spiro atoms. The Hall–Kier alpha value is -0.870. The number of carboxylic acid groups (broad SMARTS) is 1. The number of carbonyl (C=O) groups is 1. The smallest absolute Gasteiger partial charge is 0.307 e. The maximum atomic E-state index is 11.7. The van der Waals surface area contributed by atoms with Gasteiger partial charge < -0.3 is 5.11 Å².